The summed E-state index contributed by atoms with van der Waals surface area (Å²) in [5.74, 6) is 0.333. The lowest BCUT2D eigenvalue weighted by Gasteiger charge is -2.16. The van der Waals surface area contributed by atoms with E-state index in [0.29, 0.717) is 23.3 Å². The van der Waals surface area contributed by atoms with E-state index in [0.717, 1.165) is 19.6 Å². The van der Waals surface area contributed by atoms with Crippen LogP contribution >= 0.6 is 0 Å². The summed E-state index contributed by atoms with van der Waals surface area (Å²) in [6.07, 6.45) is 1.38. The number of methoxy groups -OCH3 is 1. The minimum Gasteiger partial charge on any atom is -0.383 e. The first-order valence-corrected chi connectivity index (χ1v) is 6.53. The Morgan fingerprint density at radius 1 is 1.30 bits per heavy atom. The van der Waals surface area contributed by atoms with Gasteiger partial charge in [0.15, 0.2) is 0 Å². The van der Waals surface area contributed by atoms with Crippen molar-refractivity contribution >= 4 is 16.7 Å². The molecule has 0 aliphatic rings. The van der Waals surface area contributed by atoms with Gasteiger partial charge >= 0.3 is 0 Å². The molecule has 1 aromatic carbocycles. The number of nitrogens with one attached hydrogen (secondary N) is 1. The summed E-state index contributed by atoms with van der Waals surface area (Å²) in [5.41, 5.74) is 0.345. The predicted octanol–water partition coefficient (Wildman–Crippen LogP) is 1.76. The summed E-state index contributed by atoms with van der Waals surface area (Å²) in [6.45, 7) is 3.16. The summed E-state index contributed by atoms with van der Waals surface area (Å²) in [6, 6.07) is 4.88. The molecule has 0 spiro atoms. The van der Waals surface area contributed by atoms with Crippen LogP contribution in [0.15, 0.2) is 24.5 Å². The number of halogens is 1. The number of hydrogen-bond acceptors (Lipinski definition) is 5. The van der Waals surface area contributed by atoms with E-state index in [4.69, 9.17) is 4.74 Å². The van der Waals surface area contributed by atoms with E-state index in [-0.39, 0.29) is 5.82 Å². The fourth-order valence-corrected chi connectivity index (χ4v) is 1.92. The van der Waals surface area contributed by atoms with Crippen LogP contribution in [0.1, 0.15) is 0 Å². The van der Waals surface area contributed by atoms with Crippen LogP contribution in [-0.4, -0.2) is 55.3 Å². The lowest BCUT2D eigenvalue weighted by molar-refractivity contribution is 0.163. The topological polar surface area (TPSA) is 50.3 Å². The van der Waals surface area contributed by atoms with Crippen LogP contribution in [0.2, 0.25) is 0 Å². The van der Waals surface area contributed by atoms with Crippen molar-refractivity contribution in [2.75, 3.05) is 45.7 Å². The van der Waals surface area contributed by atoms with Gasteiger partial charge in [0.05, 0.1) is 6.61 Å². The molecule has 0 unspecified atom stereocenters. The molecule has 6 heteroatoms. The molecular formula is C14H19FN4O. The van der Waals surface area contributed by atoms with Gasteiger partial charge in [0.2, 0.25) is 0 Å². The van der Waals surface area contributed by atoms with E-state index in [2.05, 4.69) is 20.2 Å². The number of nitrogens with zero attached hydrogens (tertiary/aromatic N) is 3. The predicted molar refractivity (Wildman–Crippen MR) is 77.4 cm³/mol. The normalized spacial score (nSPS) is 11.2. The molecular weight excluding hydrogens is 259 g/mol. The molecule has 0 amide bonds. The van der Waals surface area contributed by atoms with Crippen LogP contribution in [0, 0.1) is 5.82 Å². The highest BCUT2D eigenvalue weighted by Crippen LogP contribution is 2.20. The molecule has 0 atom stereocenters. The van der Waals surface area contributed by atoms with Gasteiger partial charge in [-0.05, 0) is 19.2 Å². The third-order valence-electron chi connectivity index (χ3n) is 3.08. The largest absolute Gasteiger partial charge is 0.383 e. The minimum absolute atomic E-state index is 0.329. The SMILES string of the molecule is COCCN(C)CCNc1ncnc2c(F)cccc12. The molecule has 2 aromatic rings. The van der Waals surface area contributed by atoms with Crippen molar-refractivity contribution in [1.82, 2.24) is 14.9 Å². The molecule has 1 aromatic heterocycles. The molecule has 0 fully saturated rings. The third-order valence-corrected chi connectivity index (χ3v) is 3.08. The van der Waals surface area contributed by atoms with Gasteiger partial charge < -0.3 is 15.0 Å². The van der Waals surface area contributed by atoms with Crippen LogP contribution in [0.3, 0.4) is 0 Å². The van der Waals surface area contributed by atoms with Crippen molar-refractivity contribution in [1.29, 1.82) is 0 Å². The Morgan fingerprint density at radius 3 is 2.95 bits per heavy atom. The number of benzene rings is 1. The minimum atomic E-state index is -0.329. The van der Waals surface area contributed by atoms with Crippen LogP contribution < -0.4 is 5.32 Å². The van der Waals surface area contributed by atoms with Crippen LogP contribution in [0.5, 0.6) is 0 Å². The Kier molecular flexibility index (Phi) is 5.20. The number of fused-ring (bicyclic) bond motifs is 1. The van der Waals surface area contributed by atoms with Crippen molar-refractivity contribution in [2.24, 2.45) is 0 Å². The van der Waals surface area contributed by atoms with Gasteiger partial charge in [-0.25, -0.2) is 14.4 Å². The summed E-state index contributed by atoms with van der Waals surface area (Å²) >= 11 is 0. The van der Waals surface area contributed by atoms with Crippen LogP contribution in [0.4, 0.5) is 10.2 Å². The average molecular weight is 278 g/mol. The van der Waals surface area contributed by atoms with Crippen molar-refractivity contribution in [3.05, 3.63) is 30.3 Å². The van der Waals surface area contributed by atoms with Crippen LogP contribution in [0.25, 0.3) is 10.9 Å². The number of anilines is 1. The van der Waals surface area contributed by atoms with E-state index in [1.54, 1.807) is 13.2 Å². The first kappa shape index (κ1) is 14.6. The van der Waals surface area contributed by atoms with Gasteiger partial charge in [0.1, 0.15) is 23.5 Å². The molecule has 0 bridgehead atoms. The lowest BCUT2D eigenvalue weighted by Crippen LogP contribution is -2.28. The van der Waals surface area contributed by atoms with Gasteiger partial charge in [0.25, 0.3) is 0 Å². The number of aromatic nitrogens is 2. The van der Waals surface area contributed by atoms with E-state index in [1.165, 1.54) is 12.4 Å². The highest BCUT2D eigenvalue weighted by Gasteiger charge is 2.07. The van der Waals surface area contributed by atoms with E-state index in [1.807, 2.05) is 13.1 Å². The van der Waals surface area contributed by atoms with E-state index >= 15 is 0 Å². The highest BCUT2D eigenvalue weighted by atomic mass is 19.1. The number of hydrogen-bond donors (Lipinski definition) is 1. The Bertz CT molecular complexity index is 564. The second kappa shape index (κ2) is 7.12. The molecule has 20 heavy (non-hydrogen) atoms. The summed E-state index contributed by atoms with van der Waals surface area (Å²) in [5, 5.41) is 3.92. The maximum atomic E-state index is 13.6. The molecule has 2 rings (SSSR count). The van der Waals surface area contributed by atoms with Crippen molar-refractivity contribution in [3.8, 4) is 0 Å². The number of rotatable bonds is 7. The van der Waals surface area contributed by atoms with Crippen LogP contribution in [-0.2, 0) is 4.74 Å². The molecule has 1 heterocycles. The van der Waals surface area contributed by atoms with Gasteiger partial charge in [-0.3, -0.25) is 0 Å². The lowest BCUT2D eigenvalue weighted by atomic mass is 10.2. The second-order valence-corrected chi connectivity index (χ2v) is 4.58. The quantitative estimate of drug-likeness (QED) is 0.836. The standard InChI is InChI=1S/C14H19FN4O/c1-19(8-9-20-2)7-6-16-14-11-4-3-5-12(15)13(11)17-10-18-14/h3-5,10H,6-9H2,1-2H3,(H,16,17,18). The molecule has 108 valence electrons. The molecule has 0 radical (unpaired) electrons. The fraction of sp³-hybridized carbons (Fsp3) is 0.429. The zero-order valence-corrected chi connectivity index (χ0v) is 11.8. The maximum Gasteiger partial charge on any atom is 0.149 e. The Labute approximate surface area is 117 Å². The maximum absolute atomic E-state index is 13.6. The van der Waals surface area contributed by atoms with E-state index in [9.17, 15) is 4.39 Å². The molecule has 0 aliphatic heterocycles. The number of ether oxygens (including phenoxy) is 1. The van der Waals surface area contributed by atoms with Gasteiger partial charge in [-0.2, -0.15) is 0 Å². The van der Waals surface area contributed by atoms with Crippen molar-refractivity contribution < 1.29 is 9.13 Å². The summed E-state index contributed by atoms with van der Waals surface area (Å²) < 4.78 is 18.6. The summed E-state index contributed by atoms with van der Waals surface area (Å²) in [4.78, 5) is 10.3. The van der Waals surface area contributed by atoms with Gasteiger partial charge in [0, 0.05) is 32.1 Å². The Morgan fingerprint density at radius 2 is 2.15 bits per heavy atom. The molecule has 0 saturated heterocycles. The monoisotopic (exact) mass is 278 g/mol. The third kappa shape index (κ3) is 3.61. The zero-order valence-electron chi connectivity index (χ0n) is 11.8. The fourth-order valence-electron chi connectivity index (χ4n) is 1.92. The molecule has 1 N–H and O–H groups in total. The van der Waals surface area contributed by atoms with E-state index < -0.39 is 0 Å². The molecule has 0 aliphatic carbocycles. The van der Waals surface area contributed by atoms with Gasteiger partial charge in [-0.1, -0.05) is 6.07 Å². The highest BCUT2D eigenvalue weighted by molar-refractivity contribution is 5.89. The first-order valence-electron chi connectivity index (χ1n) is 6.53. The zero-order chi connectivity index (χ0) is 14.4. The number of likely N-dealkylation sites (N-methyl/N-ethyl adjacent to an activating group) is 1. The Balaban J connectivity index is 1.98. The number of para-hydroxylation sites is 1. The van der Waals surface area contributed by atoms with Gasteiger partial charge in [-0.15, -0.1) is 0 Å². The summed E-state index contributed by atoms with van der Waals surface area (Å²) in [7, 11) is 3.71. The second-order valence-electron chi connectivity index (χ2n) is 4.58. The smallest absolute Gasteiger partial charge is 0.149 e. The average Bonchev–Trinajstić information content (AvgIpc) is 2.46. The molecule has 0 saturated carbocycles. The molecule has 5 nitrogen and oxygen atoms in total. The van der Waals surface area contributed by atoms with Crippen molar-refractivity contribution in [3.63, 3.8) is 0 Å². The Hall–Kier alpha value is -1.79. The van der Waals surface area contributed by atoms with Crippen molar-refractivity contribution in [2.45, 2.75) is 0 Å². The first-order chi connectivity index (χ1) is 9.72.